The fraction of sp³-hybridized carbons (Fsp3) is 0.600. The molecule has 16 heavy (non-hydrogen) atoms. The summed E-state index contributed by atoms with van der Waals surface area (Å²) in [6.07, 6.45) is 1.13. The van der Waals surface area contributed by atoms with Gasteiger partial charge in [-0.05, 0) is 49.4 Å². The Morgan fingerprint density at radius 2 is 1.81 bits per heavy atom. The average molecular weight is 219 g/mol. The van der Waals surface area contributed by atoms with Crippen LogP contribution in [0.15, 0.2) is 18.2 Å². The summed E-state index contributed by atoms with van der Waals surface area (Å²) < 4.78 is 0. The minimum atomic E-state index is 0.590. The Labute approximate surface area is 100 Å². The number of nitrogens with one attached hydrogen (secondary N) is 1. The molecule has 1 rings (SSSR count). The van der Waals surface area contributed by atoms with Crippen LogP contribution < -0.4 is 5.32 Å². The first-order chi connectivity index (χ1) is 7.54. The van der Waals surface area contributed by atoms with Crippen molar-refractivity contribution in [3.8, 4) is 0 Å². The maximum Gasteiger partial charge on any atom is 0.0130 e. The number of rotatable bonds is 5. The van der Waals surface area contributed by atoms with Crippen LogP contribution in [0.25, 0.3) is 0 Å². The summed E-state index contributed by atoms with van der Waals surface area (Å²) in [5.41, 5.74) is 4.23. The molecule has 90 valence electrons. The van der Waals surface area contributed by atoms with Gasteiger partial charge in [0.1, 0.15) is 0 Å². The largest absolute Gasteiger partial charge is 0.314 e. The van der Waals surface area contributed by atoms with E-state index in [-0.39, 0.29) is 0 Å². The molecule has 0 radical (unpaired) electrons. The van der Waals surface area contributed by atoms with Crippen LogP contribution in [0, 0.1) is 19.8 Å². The zero-order valence-electron chi connectivity index (χ0n) is 11.3. The molecule has 0 bridgehead atoms. The first-order valence-corrected chi connectivity index (χ1v) is 6.34. The van der Waals surface area contributed by atoms with Gasteiger partial charge in [-0.2, -0.15) is 0 Å². The number of benzene rings is 1. The first kappa shape index (κ1) is 13.2. The standard InChI is InChI=1S/C15H25N/c1-6-16-15(11(2)3)10-14-8-7-12(4)13(5)9-14/h7-9,11,15-16H,6,10H2,1-5H3. The van der Waals surface area contributed by atoms with Gasteiger partial charge in [-0.1, -0.05) is 39.0 Å². The van der Waals surface area contributed by atoms with Gasteiger partial charge >= 0.3 is 0 Å². The summed E-state index contributed by atoms with van der Waals surface area (Å²) in [6, 6.07) is 7.40. The first-order valence-electron chi connectivity index (χ1n) is 6.34. The normalized spacial score (nSPS) is 13.1. The summed E-state index contributed by atoms with van der Waals surface area (Å²) in [5, 5.41) is 3.56. The third-order valence-electron chi connectivity index (χ3n) is 3.30. The highest BCUT2D eigenvalue weighted by Gasteiger charge is 2.12. The monoisotopic (exact) mass is 219 g/mol. The van der Waals surface area contributed by atoms with Crippen LogP contribution in [0.2, 0.25) is 0 Å². The molecule has 0 saturated carbocycles. The highest BCUT2D eigenvalue weighted by atomic mass is 14.9. The van der Waals surface area contributed by atoms with E-state index in [1.165, 1.54) is 16.7 Å². The molecule has 1 N–H and O–H groups in total. The van der Waals surface area contributed by atoms with Crippen molar-refractivity contribution in [3.05, 3.63) is 34.9 Å². The third kappa shape index (κ3) is 3.64. The Morgan fingerprint density at radius 3 is 2.31 bits per heavy atom. The molecule has 0 heterocycles. The fourth-order valence-electron chi connectivity index (χ4n) is 1.99. The van der Waals surface area contributed by atoms with Gasteiger partial charge in [0, 0.05) is 6.04 Å². The van der Waals surface area contributed by atoms with Crippen LogP contribution in [-0.4, -0.2) is 12.6 Å². The quantitative estimate of drug-likeness (QED) is 0.799. The van der Waals surface area contributed by atoms with Crippen LogP contribution in [0.1, 0.15) is 37.5 Å². The maximum atomic E-state index is 3.56. The van der Waals surface area contributed by atoms with E-state index in [1.807, 2.05) is 0 Å². The zero-order chi connectivity index (χ0) is 12.1. The topological polar surface area (TPSA) is 12.0 Å². The molecule has 0 aliphatic carbocycles. The van der Waals surface area contributed by atoms with Gasteiger partial charge in [-0.15, -0.1) is 0 Å². The molecular weight excluding hydrogens is 194 g/mol. The average Bonchev–Trinajstić information content (AvgIpc) is 2.22. The Hall–Kier alpha value is -0.820. The number of hydrogen-bond donors (Lipinski definition) is 1. The predicted molar refractivity (Wildman–Crippen MR) is 71.9 cm³/mol. The maximum absolute atomic E-state index is 3.56. The van der Waals surface area contributed by atoms with E-state index in [1.54, 1.807) is 0 Å². The van der Waals surface area contributed by atoms with Crippen molar-refractivity contribution in [3.63, 3.8) is 0 Å². The van der Waals surface area contributed by atoms with Crippen molar-refractivity contribution >= 4 is 0 Å². The Balaban J connectivity index is 2.73. The van der Waals surface area contributed by atoms with E-state index >= 15 is 0 Å². The lowest BCUT2D eigenvalue weighted by molar-refractivity contribution is 0.405. The Morgan fingerprint density at radius 1 is 1.12 bits per heavy atom. The number of hydrogen-bond acceptors (Lipinski definition) is 1. The Bertz CT molecular complexity index is 328. The van der Waals surface area contributed by atoms with Crippen LogP contribution in [0.5, 0.6) is 0 Å². The number of likely N-dealkylation sites (N-methyl/N-ethyl adjacent to an activating group) is 1. The molecule has 1 unspecified atom stereocenters. The summed E-state index contributed by atoms with van der Waals surface area (Å²) in [6.45, 7) is 12.2. The molecule has 0 saturated heterocycles. The van der Waals surface area contributed by atoms with Crippen molar-refractivity contribution in [1.82, 2.24) is 5.32 Å². The van der Waals surface area contributed by atoms with E-state index in [0.29, 0.717) is 12.0 Å². The van der Waals surface area contributed by atoms with Crippen LogP contribution in [0.3, 0.4) is 0 Å². The minimum Gasteiger partial charge on any atom is -0.314 e. The van der Waals surface area contributed by atoms with E-state index in [9.17, 15) is 0 Å². The molecule has 1 aromatic rings. The highest BCUT2D eigenvalue weighted by molar-refractivity contribution is 5.30. The lowest BCUT2D eigenvalue weighted by atomic mass is 9.94. The zero-order valence-corrected chi connectivity index (χ0v) is 11.3. The van der Waals surface area contributed by atoms with Gasteiger partial charge in [0.15, 0.2) is 0 Å². The molecule has 1 nitrogen and oxygen atoms in total. The molecule has 0 aliphatic rings. The van der Waals surface area contributed by atoms with Crippen LogP contribution in [0.4, 0.5) is 0 Å². The third-order valence-corrected chi connectivity index (χ3v) is 3.30. The van der Waals surface area contributed by atoms with Gasteiger partial charge in [0.2, 0.25) is 0 Å². The fourth-order valence-corrected chi connectivity index (χ4v) is 1.99. The van der Waals surface area contributed by atoms with Crippen LogP contribution >= 0.6 is 0 Å². The second-order valence-electron chi connectivity index (χ2n) is 5.03. The molecule has 1 atom stereocenters. The van der Waals surface area contributed by atoms with E-state index in [4.69, 9.17) is 0 Å². The van der Waals surface area contributed by atoms with Gasteiger partial charge < -0.3 is 5.32 Å². The van der Waals surface area contributed by atoms with E-state index in [0.717, 1.165) is 13.0 Å². The molecule has 1 aromatic carbocycles. The molecule has 0 aliphatic heterocycles. The lowest BCUT2D eigenvalue weighted by Crippen LogP contribution is -2.35. The highest BCUT2D eigenvalue weighted by Crippen LogP contribution is 2.14. The van der Waals surface area contributed by atoms with Crippen molar-refractivity contribution < 1.29 is 0 Å². The van der Waals surface area contributed by atoms with Gasteiger partial charge in [-0.25, -0.2) is 0 Å². The molecule has 0 aromatic heterocycles. The predicted octanol–water partition coefficient (Wildman–Crippen LogP) is 3.48. The van der Waals surface area contributed by atoms with E-state index in [2.05, 4.69) is 58.1 Å². The van der Waals surface area contributed by atoms with Crippen molar-refractivity contribution in [1.29, 1.82) is 0 Å². The molecule has 0 fully saturated rings. The van der Waals surface area contributed by atoms with Crippen molar-refractivity contribution in [2.75, 3.05) is 6.54 Å². The van der Waals surface area contributed by atoms with Crippen molar-refractivity contribution in [2.45, 2.75) is 47.1 Å². The minimum absolute atomic E-state index is 0.590. The van der Waals surface area contributed by atoms with Gasteiger partial charge in [0.25, 0.3) is 0 Å². The molecule has 0 amide bonds. The molecule has 1 heteroatoms. The lowest BCUT2D eigenvalue weighted by Gasteiger charge is -2.22. The SMILES string of the molecule is CCNC(Cc1ccc(C)c(C)c1)C(C)C. The van der Waals surface area contributed by atoms with E-state index < -0.39 is 0 Å². The summed E-state index contributed by atoms with van der Waals surface area (Å²) in [5.74, 6) is 0.682. The summed E-state index contributed by atoms with van der Waals surface area (Å²) in [7, 11) is 0. The molecular formula is C15H25N. The van der Waals surface area contributed by atoms with Crippen molar-refractivity contribution in [2.24, 2.45) is 5.92 Å². The number of aryl methyl sites for hydroxylation is 2. The summed E-state index contributed by atoms with van der Waals surface area (Å²) >= 11 is 0. The van der Waals surface area contributed by atoms with Gasteiger partial charge in [0.05, 0.1) is 0 Å². The van der Waals surface area contributed by atoms with Gasteiger partial charge in [-0.3, -0.25) is 0 Å². The second-order valence-corrected chi connectivity index (χ2v) is 5.03. The Kier molecular flexibility index (Phi) is 5.01. The smallest absolute Gasteiger partial charge is 0.0130 e. The molecule has 0 spiro atoms. The second kappa shape index (κ2) is 6.05. The van der Waals surface area contributed by atoms with Crippen LogP contribution in [-0.2, 0) is 6.42 Å². The summed E-state index contributed by atoms with van der Waals surface area (Å²) in [4.78, 5) is 0.